The number of hydrogen-bond donors (Lipinski definition) is 2. The average Bonchev–Trinajstić information content (AvgIpc) is 2.93. The first-order valence-electron chi connectivity index (χ1n) is 6.23. The second-order valence-electron chi connectivity index (χ2n) is 4.85. The van der Waals surface area contributed by atoms with Gasteiger partial charge in [0, 0.05) is 5.69 Å². The molecule has 2 aromatic rings. The molecule has 1 aliphatic rings. The van der Waals surface area contributed by atoms with Gasteiger partial charge in [-0.2, -0.15) is 0 Å². The number of nitrogens with one attached hydrogen (secondary N) is 1. The molecule has 3 heteroatoms. The Kier molecular flexibility index (Phi) is 2.67. The smallest absolute Gasteiger partial charge is 0.352 e. The maximum atomic E-state index is 10.9. The molecule has 3 nitrogen and oxygen atoms in total. The summed E-state index contributed by atoms with van der Waals surface area (Å²) >= 11 is 0. The number of aromatic carboxylic acids is 1. The van der Waals surface area contributed by atoms with E-state index in [9.17, 15) is 4.79 Å². The maximum Gasteiger partial charge on any atom is 0.352 e. The summed E-state index contributed by atoms with van der Waals surface area (Å²) in [5.41, 5.74) is 3.93. The summed E-state index contributed by atoms with van der Waals surface area (Å²) in [5.74, 6) is -0.422. The molecule has 0 saturated heterocycles. The van der Waals surface area contributed by atoms with Gasteiger partial charge in [0.1, 0.15) is 5.69 Å². The molecule has 1 aromatic heterocycles. The van der Waals surface area contributed by atoms with E-state index in [2.05, 4.69) is 17.1 Å². The first-order valence-corrected chi connectivity index (χ1v) is 6.23. The number of rotatable bonds is 3. The van der Waals surface area contributed by atoms with Gasteiger partial charge in [-0.05, 0) is 42.4 Å². The molecule has 0 bridgehead atoms. The zero-order chi connectivity index (χ0) is 12.5. The summed E-state index contributed by atoms with van der Waals surface area (Å²) in [4.78, 5) is 13.9. The number of aromatic nitrogens is 1. The lowest BCUT2D eigenvalue weighted by Gasteiger charge is -2.09. The molecule has 1 atom stereocenters. The van der Waals surface area contributed by atoms with Crippen LogP contribution in [-0.2, 0) is 12.8 Å². The first kappa shape index (κ1) is 11.1. The van der Waals surface area contributed by atoms with Gasteiger partial charge in [0.15, 0.2) is 0 Å². The van der Waals surface area contributed by atoms with Crippen molar-refractivity contribution in [2.75, 3.05) is 0 Å². The molecule has 1 heterocycles. The van der Waals surface area contributed by atoms with Crippen LogP contribution in [0.5, 0.6) is 0 Å². The third-order valence-corrected chi connectivity index (χ3v) is 3.67. The van der Waals surface area contributed by atoms with E-state index in [1.54, 1.807) is 6.07 Å². The van der Waals surface area contributed by atoms with E-state index >= 15 is 0 Å². The molecule has 0 radical (unpaired) electrons. The van der Waals surface area contributed by atoms with Gasteiger partial charge < -0.3 is 10.1 Å². The minimum atomic E-state index is -0.872. The molecule has 0 spiro atoms. The number of carboxylic acids is 1. The largest absolute Gasteiger partial charge is 0.477 e. The maximum absolute atomic E-state index is 10.9. The fourth-order valence-electron chi connectivity index (χ4n) is 2.78. The van der Waals surface area contributed by atoms with Crippen molar-refractivity contribution in [3.05, 3.63) is 58.9 Å². The third-order valence-electron chi connectivity index (χ3n) is 3.67. The predicted octanol–water partition coefficient (Wildman–Crippen LogP) is 2.99. The number of carboxylic acid groups (broad SMARTS) is 1. The molecular formula is C15H15NO2. The summed E-state index contributed by atoms with van der Waals surface area (Å²) in [6, 6.07) is 12.2. The van der Waals surface area contributed by atoms with Crippen molar-refractivity contribution in [2.45, 2.75) is 25.2 Å². The van der Waals surface area contributed by atoms with Crippen molar-refractivity contribution in [2.24, 2.45) is 0 Å². The van der Waals surface area contributed by atoms with E-state index in [1.807, 2.05) is 18.2 Å². The van der Waals surface area contributed by atoms with Crippen LogP contribution in [-0.4, -0.2) is 16.1 Å². The predicted molar refractivity (Wildman–Crippen MR) is 69.0 cm³/mol. The molecule has 0 amide bonds. The lowest BCUT2D eigenvalue weighted by molar-refractivity contribution is 0.0691. The number of aryl methyl sites for hydroxylation is 1. The zero-order valence-electron chi connectivity index (χ0n) is 10.0. The highest BCUT2D eigenvalue weighted by atomic mass is 16.4. The van der Waals surface area contributed by atoms with Gasteiger partial charge in [-0.1, -0.05) is 30.3 Å². The van der Waals surface area contributed by atoms with E-state index in [4.69, 9.17) is 5.11 Å². The minimum absolute atomic E-state index is 0.317. The minimum Gasteiger partial charge on any atom is -0.477 e. The fourth-order valence-corrected chi connectivity index (χ4v) is 2.78. The van der Waals surface area contributed by atoms with Crippen LogP contribution in [0.2, 0.25) is 0 Å². The van der Waals surface area contributed by atoms with Gasteiger partial charge in [-0.25, -0.2) is 4.79 Å². The molecule has 2 N–H and O–H groups in total. The third kappa shape index (κ3) is 1.92. The van der Waals surface area contributed by atoms with Crippen molar-refractivity contribution in [1.82, 2.24) is 4.98 Å². The Balaban J connectivity index is 1.84. The molecule has 1 unspecified atom stereocenters. The molecule has 1 aromatic carbocycles. The standard InChI is InChI=1S/C15H15NO2/c17-15(18)14-9-12-11(6-7-13(12)16-14)8-10-4-2-1-3-5-10/h1-5,9,11,16H,6-8H2,(H,17,18). The van der Waals surface area contributed by atoms with Crippen LogP contribution < -0.4 is 0 Å². The van der Waals surface area contributed by atoms with E-state index in [1.165, 1.54) is 11.1 Å². The summed E-state index contributed by atoms with van der Waals surface area (Å²) in [6.07, 6.45) is 3.06. The van der Waals surface area contributed by atoms with Crippen LogP contribution >= 0.6 is 0 Å². The monoisotopic (exact) mass is 241 g/mol. The Bertz CT molecular complexity index is 571. The van der Waals surface area contributed by atoms with Crippen LogP contribution in [0.15, 0.2) is 36.4 Å². The molecule has 0 saturated carbocycles. The fraction of sp³-hybridized carbons (Fsp3) is 0.267. The number of hydrogen-bond acceptors (Lipinski definition) is 1. The van der Waals surface area contributed by atoms with Gasteiger partial charge in [-0.15, -0.1) is 0 Å². The second kappa shape index (κ2) is 4.33. The van der Waals surface area contributed by atoms with Crippen molar-refractivity contribution in [1.29, 1.82) is 0 Å². The molecule has 3 rings (SSSR count). The Morgan fingerprint density at radius 1 is 1.33 bits per heavy atom. The second-order valence-corrected chi connectivity index (χ2v) is 4.85. The Labute approximate surface area is 105 Å². The highest BCUT2D eigenvalue weighted by molar-refractivity contribution is 5.86. The number of carbonyl (C=O) groups is 1. The SMILES string of the molecule is O=C(O)c1cc2c([nH]1)CCC2Cc1ccccc1. The number of aromatic amines is 1. The normalized spacial score (nSPS) is 17.7. The average molecular weight is 241 g/mol. The number of benzene rings is 1. The van der Waals surface area contributed by atoms with Crippen LogP contribution in [0.1, 0.15) is 39.6 Å². The first-order chi connectivity index (χ1) is 8.74. The van der Waals surface area contributed by atoms with Gasteiger partial charge in [-0.3, -0.25) is 0 Å². The molecule has 1 aliphatic carbocycles. The zero-order valence-corrected chi connectivity index (χ0v) is 10.0. The van der Waals surface area contributed by atoms with Gasteiger partial charge in [0.2, 0.25) is 0 Å². The summed E-state index contributed by atoms with van der Waals surface area (Å²) in [5, 5.41) is 8.99. The van der Waals surface area contributed by atoms with Crippen LogP contribution in [0.25, 0.3) is 0 Å². The summed E-state index contributed by atoms with van der Waals surface area (Å²) < 4.78 is 0. The lowest BCUT2D eigenvalue weighted by atomic mass is 9.95. The summed E-state index contributed by atoms with van der Waals surface area (Å²) in [6.45, 7) is 0. The van der Waals surface area contributed by atoms with Crippen molar-refractivity contribution in [3.8, 4) is 0 Å². The highest BCUT2D eigenvalue weighted by Crippen LogP contribution is 2.35. The van der Waals surface area contributed by atoms with E-state index in [0.717, 1.165) is 25.0 Å². The molecule has 0 aliphatic heterocycles. The van der Waals surface area contributed by atoms with E-state index in [-0.39, 0.29) is 0 Å². The number of H-pyrrole nitrogens is 1. The van der Waals surface area contributed by atoms with Gasteiger partial charge >= 0.3 is 5.97 Å². The molecule has 18 heavy (non-hydrogen) atoms. The Hall–Kier alpha value is -2.03. The quantitative estimate of drug-likeness (QED) is 0.868. The van der Waals surface area contributed by atoms with Gasteiger partial charge in [0.05, 0.1) is 0 Å². The molecule has 0 fully saturated rings. The van der Waals surface area contributed by atoms with Crippen molar-refractivity contribution < 1.29 is 9.90 Å². The van der Waals surface area contributed by atoms with E-state index < -0.39 is 5.97 Å². The summed E-state index contributed by atoms with van der Waals surface area (Å²) in [7, 11) is 0. The topological polar surface area (TPSA) is 53.1 Å². The van der Waals surface area contributed by atoms with Crippen LogP contribution in [0.4, 0.5) is 0 Å². The Morgan fingerprint density at radius 2 is 2.11 bits per heavy atom. The molecular weight excluding hydrogens is 226 g/mol. The van der Waals surface area contributed by atoms with Crippen molar-refractivity contribution in [3.63, 3.8) is 0 Å². The van der Waals surface area contributed by atoms with E-state index in [0.29, 0.717) is 11.6 Å². The highest BCUT2D eigenvalue weighted by Gasteiger charge is 2.26. The van der Waals surface area contributed by atoms with Crippen LogP contribution in [0.3, 0.4) is 0 Å². The Morgan fingerprint density at radius 3 is 2.83 bits per heavy atom. The van der Waals surface area contributed by atoms with Crippen LogP contribution in [0, 0.1) is 0 Å². The van der Waals surface area contributed by atoms with Gasteiger partial charge in [0.25, 0.3) is 0 Å². The molecule has 92 valence electrons. The van der Waals surface area contributed by atoms with Crippen molar-refractivity contribution >= 4 is 5.97 Å². The number of fused-ring (bicyclic) bond motifs is 1. The lowest BCUT2D eigenvalue weighted by Crippen LogP contribution is -1.99.